The van der Waals surface area contributed by atoms with Gasteiger partial charge in [-0.2, -0.15) is 0 Å². The molecule has 2 aromatic rings. The number of hydrogen-bond acceptors (Lipinski definition) is 2. The Morgan fingerprint density at radius 2 is 2.43 bits per heavy atom. The van der Waals surface area contributed by atoms with Gasteiger partial charge in [-0.25, -0.2) is 9.78 Å². The molecular weight excluding hydrogens is 180 g/mol. The molecule has 0 aliphatic carbocycles. The first kappa shape index (κ1) is 8.50. The number of pyridine rings is 1. The number of aromatic amines is 1. The maximum Gasteiger partial charge on any atom is 0.354 e. The fourth-order valence-electron chi connectivity index (χ4n) is 1.34. The van der Waals surface area contributed by atoms with Crippen LogP contribution in [0.3, 0.4) is 0 Å². The van der Waals surface area contributed by atoms with Crippen LogP contribution in [-0.2, 0) is 0 Å². The molecule has 0 spiro atoms. The molecule has 0 bridgehead atoms. The van der Waals surface area contributed by atoms with E-state index in [0.29, 0.717) is 5.52 Å². The normalized spacial score (nSPS) is 10.3. The molecule has 2 aromatic heterocycles. The summed E-state index contributed by atoms with van der Waals surface area (Å²) < 4.78 is 0. The van der Waals surface area contributed by atoms with Crippen molar-refractivity contribution in [2.24, 2.45) is 0 Å². The Labute approximate surface area is 79.9 Å². The van der Waals surface area contributed by atoms with Crippen molar-refractivity contribution in [3.05, 3.63) is 36.2 Å². The number of hydrogen-bond donors (Lipinski definition) is 2. The lowest BCUT2D eigenvalue weighted by Gasteiger charge is -1.98. The van der Waals surface area contributed by atoms with E-state index >= 15 is 0 Å². The van der Waals surface area contributed by atoms with Crippen LogP contribution in [0.5, 0.6) is 0 Å². The molecule has 4 heteroatoms. The van der Waals surface area contributed by atoms with Crippen molar-refractivity contribution in [3.63, 3.8) is 0 Å². The van der Waals surface area contributed by atoms with Crippen LogP contribution in [-0.4, -0.2) is 21.0 Å². The van der Waals surface area contributed by atoms with Gasteiger partial charge in [0.2, 0.25) is 0 Å². The molecule has 0 saturated heterocycles. The van der Waals surface area contributed by atoms with E-state index in [1.54, 1.807) is 18.3 Å². The van der Waals surface area contributed by atoms with Crippen molar-refractivity contribution in [1.29, 1.82) is 0 Å². The zero-order chi connectivity index (χ0) is 10.1. The molecule has 14 heavy (non-hydrogen) atoms. The molecule has 0 aliphatic rings. The van der Waals surface area contributed by atoms with E-state index in [9.17, 15) is 4.79 Å². The largest absolute Gasteiger partial charge is 0.477 e. The highest BCUT2D eigenvalue weighted by molar-refractivity contribution is 5.92. The van der Waals surface area contributed by atoms with Gasteiger partial charge in [0.25, 0.3) is 0 Å². The average Bonchev–Trinajstić information content (AvgIpc) is 2.63. The number of carbonyl (C=O) groups is 1. The summed E-state index contributed by atoms with van der Waals surface area (Å²) in [6.45, 7) is 3.62. The van der Waals surface area contributed by atoms with E-state index in [-0.39, 0.29) is 5.69 Å². The van der Waals surface area contributed by atoms with Gasteiger partial charge in [-0.3, -0.25) is 0 Å². The molecule has 0 aliphatic heterocycles. The first-order valence-electron chi connectivity index (χ1n) is 4.06. The third-order valence-electron chi connectivity index (χ3n) is 1.99. The van der Waals surface area contributed by atoms with Crippen LogP contribution in [0.4, 0.5) is 0 Å². The highest BCUT2D eigenvalue weighted by Crippen LogP contribution is 2.17. The summed E-state index contributed by atoms with van der Waals surface area (Å²) in [5, 5.41) is 8.79. The molecule has 0 atom stereocenters. The number of nitrogens with zero attached hydrogens (tertiary/aromatic N) is 1. The fourth-order valence-corrected chi connectivity index (χ4v) is 1.34. The van der Waals surface area contributed by atoms with E-state index in [2.05, 4.69) is 16.5 Å². The fraction of sp³-hybridized carbons (Fsp3) is 0. The SMILES string of the molecule is C=Cc1cc(C(=O)O)nc2cc[nH]c12. The van der Waals surface area contributed by atoms with Crippen LogP contribution in [0, 0.1) is 0 Å². The molecule has 0 unspecified atom stereocenters. The van der Waals surface area contributed by atoms with Crippen LogP contribution < -0.4 is 0 Å². The van der Waals surface area contributed by atoms with Crippen molar-refractivity contribution in [1.82, 2.24) is 9.97 Å². The van der Waals surface area contributed by atoms with Crippen LogP contribution in [0.15, 0.2) is 24.9 Å². The van der Waals surface area contributed by atoms with Gasteiger partial charge >= 0.3 is 5.97 Å². The van der Waals surface area contributed by atoms with Gasteiger partial charge in [0.15, 0.2) is 0 Å². The summed E-state index contributed by atoms with van der Waals surface area (Å²) in [6.07, 6.45) is 3.32. The molecule has 0 saturated carbocycles. The van der Waals surface area contributed by atoms with Crippen molar-refractivity contribution in [2.45, 2.75) is 0 Å². The van der Waals surface area contributed by atoms with Crippen molar-refractivity contribution in [2.75, 3.05) is 0 Å². The second-order valence-electron chi connectivity index (χ2n) is 2.84. The number of aromatic nitrogens is 2. The molecule has 0 fully saturated rings. The highest BCUT2D eigenvalue weighted by Gasteiger charge is 2.09. The minimum Gasteiger partial charge on any atom is -0.477 e. The Balaban J connectivity index is 2.79. The number of nitrogens with one attached hydrogen (secondary N) is 1. The Morgan fingerprint density at radius 1 is 1.64 bits per heavy atom. The molecule has 0 aromatic carbocycles. The maximum atomic E-state index is 10.7. The first-order valence-corrected chi connectivity index (χ1v) is 4.06. The number of rotatable bonds is 2. The summed E-state index contributed by atoms with van der Waals surface area (Å²) in [5.41, 5.74) is 2.23. The second-order valence-corrected chi connectivity index (χ2v) is 2.84. The zero-order valence-corrected chi connectivity index (χ0v) is 7.32. The number of carboxylic acids is 1. The van der Waals surface area contributed by atoms with Crippen LogP contribution >= 0.6 is 0 Å². The minimum atomic E-state index is -1.03. The Hall–Kier alpha value is -2.10. The average molecular weight is 188 g/mol. The molecule has 2 rings (SSSR count). The van der Waals surface area contributed by atoms with Gasteiger partial charge in [-0.1, -0.05) is 12.7 Å². The summed E-state index contributed by atoms with van der Waals surface area (Å²) in [7, 11) is 0. The summed E-state index contributed by atoms with van der Waals surface area (Å²) in [5.74, 6) is -1.03. The maximum absolute atomic E-state index is 10.7. The van der Waals surface area contributed by atoms with Gasteiger partial charge in [-0.15, -0.1) is 0 Å². The molecular formula is C10H8N2O2. The van der Waals surface area contributed by atoms with E-state index in [0.717, 1.165) is 11.1 Å². The topological polar surface area (TPSA) is 66.0 Å². The summed E-state index contributed by atoms with van der Waals surface area (Å²) in [4.78, 5) is 17.7. The Morgan fingerprint density at radius 3 is 3.07 bits per heavy atom. The van der Waals surface area contributed by atoms with E-state index in [1.807, 2.05) is 0 Å². The molecule has 70 valence electrons. The Kier molecular flexibility index (Phi) is 1.81. The van der Waals surface area contributed by atoms with E-state index in [4.69, 9.17) is 5.11 Å². The quantitative estimate of drug-likeness (QED) is 0.756. The lowest BCUT2D eigenvalue weighted by atomic mass is 10.2. The molecule has 0 radical (unpaired) electrons. The molecule has 2 heterocycles. The van der Waals surface area contributed by atoms with Gasteiger partial charge in [-0.05, 0) is 12.1 Å². The standard InChI is InChI=1S/C10H8N2O2/c1-2-6-5-8(10(13)14)12-7-3-4-11-9(6)7/h2-5,11H,1H2,(H,13,14). The number of carboxylic acid groups (broad SMARTS) is 1. The molecule has 0 amide bonds. The third-order valence-corrected chi connectivity index (χ3v) is 1.99. The number of H-pyrrole nitrogens is 1. The zero-order valence-electron chi connectivity index (χ0n) is 7.32. The van der Waals surface area contributed by atoms with Crippen LogP contribution in [0.25, 0.3) is 17.1 Å². The summed E-state index contributed by atoms with van der Waals surface area (Å²) >= 11 is 0. The predicted octanol–water partition coefficient (Wildman–Crippen LogP) is 1.90. The minimum absolute atomic E-state index is 0.0343. The Bertz CT molecular complexity index is 514. The summed E-state index contributed by atoms with van der Waals surface area (Å²) in [6, 6.07) is 3.23. The van der Waals surface area contributed by atoms with Crippen molar-refractivity contribution in [3.8, 4) is 0 Å². The predicted molar refractivity (Wildman–Crippen MR) is 53.1 cm³/mol. The van der Waals surface area contributed by atoms with Crippen LogP contribution in [0.2, 0.25) is 0 Å². The third kappa shape index (κ3) is 1.17. The lowest BCUT2D eigenvalue weighted by molar-refractivity contribution is 0.0691. The highest BCUT2D eigenvalue weighted by atomic mass is 16.4. The van der Waals surface area contributed by atoms with E-state index in [1.165, 1.54) is 6.07 Å². The van der Waals surface area contributed by atoms with Gasteiger partial charge in [0.1, 0.15) is 5.69 Å². The van der Waals surface area contributed by atoms with Gasteiger partial charge < -0.3 is 10.1 Å². The van der Waals surface area contributed by atoms with Crippen molar-refractivity contribution >= 4 is 23.1 Å². The first-order chi connectivity index (χ1) is 6.72. The lowest BCUT2D eigenvalue weighted by Crippen LogP contribution is -2.00. The molecule has 4 nitrogen and oxygen atoms in total. The number of aromatic carboxylic acids is 1. The molecule has 2 N–H and O–H groups in total. The van der Waals surface area contributed by atoms with Gasteiger partial charge in [0.05, 0.1) is 11.0 Å². The van der Waals surface area contributed by atoms with Gasteiger partial charge in [0, 0.05) is 11.8 Å². The second kappa shape index (κ2) is 2.99. The van der Waals surface area contributed by atoms with Crippen LogP contribution in [0.1, 0.15) is 16.1 Å². The monoisotopic (exact) mass is 188 g/mol. The van der Waals surface area contributed by atoms with Crippen molar-refractivity contribution < 1.29 is 9.90 Å². The smallest absolute Gasteiger partial charge is 0.354 e. The van der Waals surface area contributed by atoms with E-state index < -0.39 is 5.97 Å². The number of fused-ring (bicyclic) bond motifs is 1.